The Morgan fingerprint density at radius 1 is 1.20 bits per heavy atom. The molecule has 0 aliphatic heterocycles. The highest BCUT2D eigenvalue weighted by molar-refractivity contribution is 5.86. The van der Waals surface area contributed by atoms with E-state index in [1.54, 1.807) is 27.7 Å². The maximum absolute atomic E-state index is 11.7. The van der Waals surface area contributed by atoms with Crippen LogP contribution in [0.25, 0.3) is 0 Å². The second-order valence-electron chi connectivity index (χ2n) is 5.24. The minimum Gasteiger partial charge on any atom is -0.481 e. The Morgan fingerprint density at radius 2 is 1.70 bits per heavy atom. The van der Waals surface area contributed by atoms with E-state index in [-0.39, 0.29) is 12.5 Å². The van der Waals surface area contributed by atoms with Crippen LogP contribution in [-0.2, 0) is 9.59 Å². The Labute approximate surface area is 119 Å². The summed E-state index contributed by atoms with van der Waals surface area (Å²) >= 11 is 0. The summed E-state index contributed by atoms with van der Waals surface area (Å²) in [6.45, 7) is 7.05. The molecule has 0 aliphatic rings. The van der Waals surface area contributed by atoms with Gasteiger partial charge < -0.3 is 21.5 Å². The lowest BCUT2D eigenvalue weighted by atomic mass is 9.82. The van der Waals surface area contributed by atoms with Crippen molar-refractivity contribution in [2.24, 2.45) is 17.1 Å². The monoisotopic (exact) mass is 287 g/mol. The van der Waals surface area contributed by atoms with Crippen molar-refractivity contribution in [3.05, 3.63) is 0 Å². The third-order valence-electron chi connectivity index (χ3n) is 3.65. The summed E-state index contributed by atoms with van der Waals surface area (Å²) in [6.07, 6.45) is 0.811. The molecule has 0 spiro atoms. The molecule has 0 aromatic rings. The standard InChI is InChI=1S/C13H25N3O4/c1-5-13(6-2,11(18)19)7-15-12(20)16-9(8(3)4)10(14)17/h8-9H,5-7H2,1-4H3,(H2,14,17)(H,18,19)(H2,15,16,20)/t9-/m1/s1. The zero-order valence-corrected chi connectivity index (χ0v) is 12.5. The van der Waals surface area contributed by atoms with Crippen LogP contribution in [0.4, 0.5) is 4.79 Å². The molecule has 7 heteroatoms. The van der Waals surface area contributed by atoms with Crippen LogP contribution in [0.15, 0.2) is 0 Å². The van der Waals surface area contributed by atoms with Crippen molar-refractivity contribution in [3.8, 4) is 0 Å². The normalized spacial score (nSPS) is 12.8. The molecule has 0 rings (SSSR count). The SMILES string of the molecule is CCC(CC)(CNC(=O)N[C@@H](C(N)=O)C(C)C)C(=O)O. The highest BCUT2D eigenvalue weighted by atomic mass is 16.4. The molecule has 0 unspecified atom stereocenters. The van der Waals surface area contributed by atoms with Gasteiger partial charge in [-0.1, -0.05) is 27.7 Å². The van der Waals surface area contributed by atoms with Crippen LogP contribution in [0.3, 0.4) is 0 Å². The van der Waals surface area contributed by atoms with Crippen molar-refractivity contribution in [3.63, 3.8) is 0 Å². The zero-order valence-electron chi connectivity index (χ0n) is 12.5. The molecule has 0 bridgehead atoms. The fourth-order valence-electron chi connectivity index (χ4n) is 1.89. The van der Waals surface area contributed by atoms with E-state index >= 15 is 0 Å². The highest BCUT2D eigenvalue weighted by Crippen LogP contribution is 2.25. The summed E-state index contributed by atoms with van der Waals surface area (Å²) in [7, 11) is 0. The summed E-state index contributed by atoms with van der Waals surface area (Å²) in [4.78, 5) is 34.2. The second-order valence-corrected chi connectivity index (χ2v) is 5.24. The molecule has 0 fully saturated rings. The number of hydrogen-bond donors (Lipinski definition) is 4. The molecule has 0 aromatic carbocycles. The van der Waals surface area contributed by atoms with E-state index in [2.05, 4.69) is 10.6 Å². The molecule has 0 aromatic heterocycles. The molecule has 0 radical (unpaired) electrons. The van der Waals surface area contributed by atoms with Crippen LogP contribution in [0, 0.1) is 11.3 Å². The van der Waals surface area contributed by atoms with Crippen LogP contribution in [0.2, 0.25) is 0 Å². The second kappa shape index (κ2) is 7.72. The Balaban J connectivity index is 4.62. The van der Waals surface area contributed by atoms with Gasteiger partial charge in [0.25, 0.3) is 0 Å². The van der Waals surface area contributed by atoms with Crippen molar-refractivity contribution < 1.29 is 19.5 Å². The molecule has 0 saturated carbocycles. The molecule has 0 saturated heterocycles. The van der Waals surface area contributed by atoms with Crippen LogP contribution >= 0.6 is 0 Å². The Hall–Kier alpha value is -1.79. The van der Waals surface area contributed by atoms with Gasteiger partial charge in [0, 0.05) is 6.54 Å². The lowest BCUT2D eigenvalue weighted by Crippen LogP contribution is -2.53. The topological polar surface area (TPSA) is 122 Å². The summed E-state index contributed by atoms with van der Waals surface area (Å²) in [5.74, 6) is -1.71. The minimum absolute atomic E-state index is 0.00471. The molecule has 7 nitrogen and oxygen atoms in total. The number of carboxylic acids is 1. The van der Waals surface area contributed by atoms with Gasteiger partial charge in [-0.05, 0) is 18.8 Å². The molecular weight excluding hydrogens is 262 g/mol. The van der Waals surface area contributed by atoms with Crippen LogP contribution < -0.4 is 16.4 Å². The van der Waals surface area contributed by atoms with E-state index < -0.39 is 29.4 Å². The van der Waals surface area contributed by atoms with Crippen molar-refractivity contribution in [1.29, 1.82) is 0 Å². The number of urea groups is 1. The number of amides is 3. The van der Waals surface area contributed by atoms with Crippen molar-refractivity contribution in [2.45, 2.75) is 46.6 Å². The largest absolute Gasteiger partial charge is 0.481 e. The molecule has 1 atom stereocenters. The fourth-order valence-corrected chi connectivity index (χ4v) is 1.89. The minimum atomic E-state index is -0.989. The van der Waals surface area contributed by atoms with Gasteiger partial charge in [0.2, 0.25) is 5.91 Å². The van der Waals surface area contributed by atoms with Crippen LogP contribution in [0.1, 0.15) is 40.5 Å². The summed E-state index contributed by atoms with van der Waals surface area (Å²) in [5, 5.41) is 14.2. The van der Waals surface area contributed by atoms with E-state index in [1.807, 2.05) is 0 Å². The van der Waals surface area contributed by atoms with Gasteiger partial charge >= 0.3 is 12.0 Å². The van der Waals surface area contributed by atoms with Gasteiger partial charge in [-0.3, -0.25) is 9.59 Å². The lowest BCUT2D eigenvalue weighted by Gasteiger charge is -2.27. The number of carboxylic acid groups (broad SMARTS) is 1. The molecular formula is C13H25N3O4. The number of primary amides is 1. The predicted octanol–water partition coefficient (Wildman–Crippen LogP) is 0.687. The summed E-state index contributed by atoms with van der Waals surface area (Å²) in [6, 6.07) is -1.37. The number of aliphatic carboxylic acids is 1. The first-order chi connectivity index (χ1) is 9.20. The van der Waals surface area contributed by atoms with E-state index in [0.29, 0.717) is 12.8 Å². The van der Waals surface area contributed by atoms with Gasteiger partial charge in [-0.15, -0.1) is 0 Å². The van der Waals surface area contributed by atoms with Gasteiger partial charge in [-0.2, -0.15) is 0 Å². The van der Waals surface area contributed by atoms with Crippen LogP contribution in [0.5, 0.6) is 0 Å². The predicted molar refractivity (Wildman–Crippen MR) is 75.0 cm³/mol. The quantitative estimate of drug-likeness (QED) is 0.524. The number of carbonyl (C=O) groups excluding carboxylic acids is 2. The summed E-state index contributed by atoms with van der Waals surface area (Å²) in [5.41, 5.74) is 4.20. The van der Waals surface area contributed by atoms with E-state index in [1.165, 1.54) is 0 Å². The molecule has 20 heavy (non-hydrogen) atoms. The first-order valence-corrected chi connectivity index (χ1v) is 6.77. The van der Waals surface area contributed by atoms with E-state index in [9.17, 15) is 19.5 Å². The molecule has 0 aliphatic carbocycles. The molecule has 3 amide bonds. The van der Waals surface area contributed by atoms with Gasteiger partial charge in [0.15, 0.2) is 0 Å². The molecule has 116 valence electrons. The number of hydrogen-bond acceptors (Lipinski definition) is 3. The van der Waals surface area contributed by atoms with Crippen LogP contribution in [-0.4, -0.2) is 35.6 Å². The number of rotatable bonds is 8. The van der Waals surface area contributed by atoms with Gasteiger partial charge in [-0.25, -0.2) is 4.79 Å². The van der Waals surface area contributed by atoms with Gasteiger partial charge in [0.05, 0.1) is 5.41 Å². The Kier molecular flexibility index (Phi) is 7.02. The summed E-state index contributed by atoms with van der Waals surface area (Å²) < 4.78 is 0. The van der Waals surface area contributed by atoms with Crippen molar-refractivity contribution >= 4 is 17.9 Å². The zero-order chi connectivity index (χ0) is 15.9. The number of nitrogens with one attached hydrogen (secondary N) is 2. The Bertz CT molecular complexity index is 365. The first-order valence-electron chi connectivity index (χ1n) is 6.77. The maximum Gasteiger partial charge on any atom is 0.315 e. The average molecular weight is 287 g/mol. The lowest BCUT2D eigenvalue weighted by molar-refractivity contribution is -0.149. The fraction of sp³-hybridized carbons (Fsp3) is 0.769. The molecule has 5 N–H and O–H groups in total. The van der Waals surface area contributed by atoms with Gasteiger partial charge in [0.1, 0.15) is 6.04 Å². The smallest absolute Gasteiger partial charge is 0.315 e. The third kappa shape index (κ3) is 4.71. The van der Waals surface area contributed by atoms with Crippen molar-refractivity contribution in [1.82, 2.24) is 10.6 Å². The average Bonchev–Trinajstić information content (AvgIpc) is 2.36. The van der Waals surface area contributed by atoms with Crippen molar-refractivity contribution in [2.75, 3.05) is 6.54 Å². The number of carbonyl (C=O) groups is 3. The van der Waals surface area contributed by atoms with E-state index in [0.717, 1.165) is 0 Å². The maximum atomic E-state index is 11.7. The Morgan fingerprint density at radius 3 is 2.00 bits per heavy atom. The van der Waals surface area contributed by atoms with E-state index in [4.69, 9.17) is 5.73 Å². The molecule has 0 heterocycles. The number of nitrogens with two attached hydrogens (primary N) is 1. The highest BCUT2D eigenvalue weighted by Gasteiger charge is 2.35. The third-order valence-corrected chi connectivity index (χ3v) is 3.65. The first kappa shape index (κ1) is 18.2.